The van der Waals surface area contributed by atoms with Gasteiger partial charge in [-0.3, -0.25) is 9.59 Å². The normalized spacial score (nSPS) is 10.8. The third kappa shape index (κ3) is 4.73. The number of hydrogen-bond acceptors (Lipinski definition) is 4. The van der Waals surface area contributed by atoms with Crippen molar-refractivity contribution >= 4 is 29.2 Å². The molecule has 0 atom stereocenters. The molecule has 1 amide bonds. The van der Waals surface area contributed by atoms with E-state index in [4.69, 9.17) is 23.1 Å². The van der Waals surface area contributed by atoms with Gasteiger partial charge < -0.3 is 26.0 Å². The van der Waals surface area contributed by atoms with Crippen molar-refractivity contribution < 1.29 is 14.7 Å². The number of rotatable bonds is 8. The monoisotopic (exact) mass is 440 g/mol. The first-order valence-corrected chi connectivity index (χ1v) is 10.1. The van der Waals surface area contributed by atoms with Crippen LogP contribution in [0.2, 0.25) is 5.02 Å². The Morgan fingerprint density at radius 1 is 1.10 bits per heavy atom. The van der Waals surface area contributed by atoms with Crippen molar-refractivity contribution in [2.24, 2.45) is 11.5 Å². The Morgan fingerprint density at radius 3 is 2.45 bits per heavy atom. The molecule has 0 fully saturated rings. The van der Waals surface area contributed by atoms with Crippen molar-refractivity contribution in [1.29, 1.82) is 0 Å². The summed E-state index contributed by atoms with van der Waals surface area (Å²) in [7, 11) is 3.86. The number of amides is 1. The molecular weight excluding hydrogens is 416 g/mol. The summed E-state index contributed by atoms with van der Waals surface area (Å²) in [5.74, 6) is -1.41. The van der Waals surface area contributed by atoms with Gasteiger partial charge in [0.1, 0.15) is 0 Å². The van der Waals surface area contributed by atoms with Gasteiger partial charge in [0.15, 0.2) is 0 Å². The van der Waals surface area contributed by atoms with Gasteiger partial charge in [-0.25, -0.2) is 0 Å². The summed E-state index contributed by atoms with van der Waals surface area (Å²) >= 11 is 6.23. The van der Waals surface area contributed by atoms with Crippen LogP contribution in [0.5, 0.6) is 0 Å². The van der Waals surface area contributed by atoms with Crippen LogP contribution in [0, 0.1) is 0 Å². The zero-order chi connectivity index (χ0) is 22.7. The van der Waals surface area contributed by atoms with Crippen LogP contribution in [0.25, 0.3) is 16.9 Å². The summed E-state index contributed by atoms with van der Waals surface area (Å²) in [6, 6.07) is 14.6. The molecule has 0 radical (unpaired) electrons. The quantitative estimate of drug-likeness (QED) is 0.496. The number of benzene rings is 2. The van der Waals surface area contributed by atoms with Crippen molar-refractivity contribution in [2.45, 2.75) is 19.4 Å². The first-order chi connectivity index (χ1) is 14.7. The number of aryl methyl sites for hydroxylation is 1. The maximum absolute atomic E-state index is 11.6. The second kappa shape index (κ2) is 9.24. The molecule has 8 heteroatoms. The van der Waals surface area contributed by atoms with Gasteiger partial charge in [-0.05, 0) is 60.5 Å². The Labute approximate surface area is 185 Å². The van der Waals surface area contributed by atoms with Gasteiger partial charge in [0.2, 0.25) is 5.91 Å². The molecule has 3 aromatic rings. The summed E-state index contributed by atoms with van der Waals surface area (Å²) < 4.78 is 1.99. The number of carbonyl (C=O) groups is 2. The van der Waals surface area contributed by atoms with Crippen LogP contribution in [-0.2, 0) is 17.8 Å². The van der Waals surface area contributed by atoms with Crippen molar-refractivity contribution in [3.05, 3.63) is 70.4 Å². The molecule has 0 aliphatic heterocycles. The first-order valence-electron chi connectivity index (χ1n) is 9.75. The van der Waals surface area contributed by atoms with Crippen molar-refractivity contribution in [3.63, 3.8) is 0 Å². The molecule has 7 nitrogen and oxygen atoms in total. The molecule has 2 aromatic carbocycles. The number of carbonyl (C=O) groups excluding carboxylic acids is 1. The topological polar surface area (TPSA) is 115 Å². The average Bonchev–Trinajstić information content (AvgIpc) is 3.14. The second-order valence-electron chi connectivity index (χ2n) is 7.41. The van der Waals surface area contributed by atoms with Gasteiger partial charge in [0.25, 0.3) is 0 Å². The van der Waals surface area contributed by atoms with Crippen LogP contribution < -0.4 is 16.4 Å². The highest BCUT2D eigenvalue weighted by atomic mass is 35.5. The summed E-state index contributed by atoms with van der Waals surface area (Å²) in [5, 5.41) is 9.82. The van der Waals surface area contributed by atoms with E-state index in [2.05, 4.69) is 0 Å². The zero-order valence-electron chi connectivity index (χ0n) is 17.4. The number of aromatic nitrogens is 1. The minimum Gasteiger partial charge on any atom is -0.481 e. The van der Waals surface area contributed by atoms with E-state index in [1.54, 1.807) is 18.2 Å². The maximum atomic E-state index is 11.6. The third-order valence-corrected chi connectivity index (χ3v) is 5.33. The van der Waals surface area contributed by atoms with E-state index >= 15 is 0 Å². The highest BCUT2D eigenvalue weighted by Crippen LogP contribution is 2.36. The number of halogens is 1. The third-order valence-electron chi connectivity index (χ3n) is 5.10. The van der Waals surface area contributed by atoms with Crippen LogP contribution in [-0.4, -0.2) is 35.6 Å². The number of carboxylic acids is 1. The largest absolute Gasteiger partial charge is 0.481 e. The minimum absolute atomic E-state index is 0.0120. The number of nitrogens with zero attached hydrogens (tertiary/aromatic N) is 2. The molecule has 1 aromatic heterocycles. The van der Waals surface area contributed by atoms with Gasteiger partial charge in [0, 0.05) is 48.2 Å². The lowest BCUT2D eigenvalue weighted by Crippen LogP contribution is -2.15. The number of nitrogens with two attached hydrogens (primary N) is 2. The van der Waals surface area contributed by atoms with Crippen LogP contribution in [0.1, 0.15) is 28.0 Å². The molecule has 0 saturated heterocycles. The lowest BCUT2D eigenvalue weighted by atomic mass is 10.1. The fourth-order valence-corrected chi connectivity index (χ4v) is 3.78. The molecule has 0 aliphatic rings. The molecule has 1 heterocycles. The van der Waals surface area contributed by atoms with Gasteiger partial charge in [-0.1, -0.05) is 11.6 Å². The standard InChI is InChI=1S/C23H25ClN4O3/c1-27(2)21-12-16(24)4-7-18(21)20-9-5-17(6-10-22(29)30)28(20)19-8-3-14(23(26)31)11-15(19)13-25/h3-5,7-9,11-12H,6,10,13,25H2,1-2H3,(H2,26,31)(H,29,30). The van der Waals surface area contributed by atoms with Gasteiger partial charge in [-0.15, -0.1) is 0 Å². The molecule has 5 N–H and O–H groups in total. The Morgan fingerprint density at radius 2 is 1.84 bits per heavy atom. The van der Waals surface area contributed by atoms with Crippen molar-refractivity contribution in [1.82, 2.24) is 4.57 Å². The molecular formula is C23H25ClN4O3. The molecule has 0 unspecified atom stereocenters. The lowest BCUT2D eigenvalue weighted by Gasteiger charge is -2.22. The molecule has 31 heavy (non-hydrogen) atoms. The lowest BCUT2D eigenvalue weighted by molar-refractivity contribution is -0.136. The van der Waals surface area contributed by atoms with Crippen LogP contribution in [0.15, 0.2) is 48.5 Å². The van der Waals surface area contributed by atoms with E-state index in [1.807, 2.05) is 53.9 Å². The number of anilines is 1. The molecule has 3 rings (SSSR count). The van der Waals surface area contributed by atoms with Crippen molar-refractivity contribution in [3.8, 4) is 16.9 Å². The summed E-state index contributed by atoms with van der Waals surface area (Å²) in [5.41, 5.74) is 16.8. The Balaban J connectivity index is 2.27. The Kier molecular flexibility index (Phi) is 6.68. The first kappa shape index (κ1) is 22.4. The number of primary amides is 1. The van der Waals surface area contributed by atoms with Gasteiger partial charge >= 0.3 is 5.97 Å². The fourth-order valence-electron chi connectivity index (χ4n) is 3.62. The minimum atomic E-state index is -0.877. The number of hydrogen-bond donors (Lipinski definition) is 3. The summed E-state index contributed by atoms with van der Waals surface area (Å²) in [6.45, 7) is 0.188. The van der Waals surface area contributed by atoms with Crippen LogP contribution in [0.3, 0.4) is 0 Å². The van der Waals surface area contributed by atoms with Crippen LogP contribution in [0.4, 0.5) is 5.69 Å². The SMILES string of the molecule is CN(C)c1cc(Cl)ccc1-c1ccc(CCC(=O)O)n1-c1ccc(C(N)=O)cc1CN. The van der Waals surface area contributed by atoms with E-state index in [-0.39, 0.29) is 13.0 Å². The van der Waals surface area contributed by atoms with E-state index in [0.29, 0.717) is 17.0 Å². The van der Waals surface area contributed by atoms with E-state index in [0.717, 1.165) is 33.9 Å². The molecule has 0 saturated carbocycles. The predicted molar refractivity (Wildman–Crippen MR) is 123 cm³/mol. The summed E-state index contributed by atoms with van der Waals surface area (Å²) in [6.07, 6.45) is 0.323. The molecule has 0 bridgehead atoms. The van der Waals surface area contributed by atoms with Crippen LogP contribution >= 0.6 is 11.6 Å². The molecule has 0 spiro atoms. The van der Waals surface area contributed by atoms with E-state index in [9.17, 15) is 14.7 Å². The predicted octanol–water partition coefficient (Wildman–Crippen LogP) is 3.44. The Bertz CT molecular complexity index is 1140. The number of aliphatic carboxylic acids is 1. The molecule has 162 valence electrons. The van der Waals surface area contributed by atoms with Gasteiger partial charge in [0.05, 0.1) is 17.8 Å². The van der Waals surface area contributed by atoms with Crippen molar-refractivity contribution in [2.75, 3.05) is 19.0 Å². The van der Waals surface area contributed by atoms with E-state index < -0.39 is 11.9 Å². The smallest absolute Gasteiger partial charge is 0.303 e. The number of carboxylic acid groups (broad SMARTS) is 1. The highest BCUT2D eigenvalue weighted by molar-refractivity contribution is 6.31. The Hall–Kier alpha value is -3.29. The maximum Gasteiger partial charge on any atom is 0.303 e. The van der Waals surface area contributed by atoms with E-state index in [1.165, 1.54) is 0 Å². The highest BCUT2D eigenvalue weighted by Gasteiger charge is 2.19. The molecule has 0 aliphatic carbocycles. The summed E-state index contributed by atoms with van der Waals surface area (Å²) in [4.78, 5) is 24.8. The van der Waals surface area contributed by atoms with Gasteiger partial charge in [-0.2, -0.15) is 0 Å². The second-order valence-corrected chi connectivity index (χ2v) is 7.84. The zero-order valence-corrected chi connectivity index (χ0v) is 18.2. The average molecular weight is 441 g/mol. The fraction of sp³-hybridized carbons (Fsp3) is 0.217.